The molecule has 0 spiro atoms. The Kier molecular flexibility index (Phi) is 6.05. The predicted molar refractivity (Wildman–Crippen MR) is 96.8 cm³/mol. The summed E-state index contributed by atoms with van der Waals surface area (Å²) in [7, 11) is -3.25. The predicted octanol–water partition coefficient (Wildman–Crippen LogP) is 2.70. The highest BCUT2D eigenvalue weighted by molar-refractivity contribution is 7.98. The second kappa shape index (κ2) is 7.63. The Morgan fingerprint density at radius 3 is 2.74 bits per heavy atom. The summed E-state index contributed by atoms with van der Waals surface area (Å²) in [5.74, 6) is 0.759. The number of aromatic nitrogens is 1. The van der Waals surface area contributed by atoms with Gasteiger partial charge in [0.2, 0.25) is 5.91 Å². The van der Waals surface area contributed by atoms with Crippen LogP contribution in [0.4, 0.5) is 0 Å². The first-order chi connectivity index (χ1) is 10.9. The minimum Gasteiger partial charge on any atom is -0.316 e. The highest BCUT2D eigenvalue weighted by Gasteiger charge is 2.12. The van der Waals surface area contributed by atoms with E-state index in [0.717, 1.165) is 28.9 Å². The van der Waals surface area contributed by atoms with E-state index in [2.05, 4.69) is 4.99 Å². The van der Waals surface area contributed by atoms with E-state index < -0.39 is 9.84 Å². The van der Waals surface area contributed by atoms with Crippen LogP contribution < -0.4 is 4.80 Å². The van der Waals surface area contributed by atoms with Crippen LogP contribution in [0.3, 0.4) is 0 Å². The summed E-state index contributed by atoms with van der Waals surface area (Å²) >= 11 is 3.08. The number of hydrogen-bond donors (Lipinski definition) is 0. The highest BCUT2D eigenvalue weighted by atomic mass is 32.2. The molecule has 2 rings (SSSR count). The summed E-state index contributed by atoms with van der Waals surface area (Å²) in [6.45, 7) is 2.68. The van der Waals surface area contributed by atoms with Crippen LogP contribution in [0.25, 0.3) is 10.2 Å². The van der Waals surface area contributed by atoms with Crippen molar-refractivity contribution < 1.29 is 13.2 Å². The van der Waals surface area contributed by atoms with Gasteiger partial charge in [0.15, 0.2) is 14.6 Å². The highest BCUT2D eigenvalue weighted by Crippen LogP contribution is 2.22. The van der Waals surface area contributed by atoms with Gasteiger partial charge in [-0.1, -0.05) is 18.3 Å². The number of rotatable bonds is 6. The lowest BCUT2D eigenvalue weighted by molar-refractivity contribution is -0.118. The van der Waals surface area contributed by atoms with E-state index in [1.807, 2.05) is 17.7 Å². The minimum atomic E-state index is -3.25. The van der Waals surface area contributed by atoms with Gasteiger partial charge in [-0.3, -0.25) is 4.79 Å². The van der Waals surface area contributed by atoms with Crippen molar-refractivity contribution in [3.63, 3.8) is 0 Å². The van der Waals surface area contributed by atoms with Gasteiger partial charge in [-0.15, -0.1) is 0 Å². The van der Waals surface area contributed by atoms with Crippen LogP contribution in [-0.2, 0) is 21.2 Å². The van der Waals surface area contributed by atoms with Crippen molar-refractivity contribution in [2.24, 2.45) is 4.99 Å². The van der Waals surface area contributed by atoms with Crippen molar-refractivity contribution in [1.29, 1.82) is 0 Å². The topological polar surface area (TPSA) is 68.5 Å². The number of hydrogen-bond acceptors (Lipinski definition) is 5. The zero-order valence-electron chi connectivity index (χ0n) is 13.4. The Morgan fingerprint density at radius 1 is 1.39 bits per heavy atom. The first-order valence-corrected chi connectivity index (χ1v) is 11.4. The number of aryl methyl sites for hydroxylation is 1. The van der Waals surface area contributed by atoms with Crippen molar-refractivity contribution in [3.8, 4) is 0 Å². The van der Waals surface area contributed by atoms with Crippen molar-refractivity contribution in [1.82, 2.24) is 4.57 Å². The minimum absolute atomic E-state index is 0.139. The van der Waals surface area contributed by atoms with E-state index >= 15 is 0 Å². The van der Waals surface area contributed by atoms with Crippen LogP contribution in [0.1, 0.15) is 19.8 Å². The third-order valence-electron chi connectivity index (χ3n) is 3.29. The van der Waals surface area contributed by atoms with Gasteiger partial charge in [-0.2, -0.15) is 16.8 Å². The molecule has 126 valence electrons. The molecule has 23 heavy (non-hydrogen) atoms. The molecule has 0 aliphatic heterocycles. The average molecular weight is 373 g/mol. The lowest BCUT2D eigenvalue weighted by atomic mass is 10.3. The summed E-state index contributed by atoms with van der Waals surface area (Å²) in [5.41, 5.74) is 0.916. The molecular formula is C15H20N2O3S3. The first-order valence-electron chi connectivity index (χ1n) is 7.26. The maximum absolute atomic E-state index is 11.9. The number of carbonyl (C=O) groups excluding carboxylic acids is 1. The van der Waals surface area contributed by atoms with Crippen LogP contribution in [0, 0.1) is 0 Å². The van der Waals surface area contributed by atoms with Gasteiger partial charge in [0.05, 0.1) is 15.1 Å². The summed E-state index contributed by atoms with van der Waals surface area (Å²) in [6.07, 6.45) is 4.40. The molecule has 2 aromatic rings. The van der Waals surface area contributed by atoms with Crippen molar-refractivity contribution in [3.05, 3.63) is 23.0 Å². The molecule has 0 bridgehead atoms. The molecule has 0 aliphatic carbocycles. The van der Waals surface area contributed by atoms with Crippen LogP contribution in [-0.4, -0.2) is 37.2 Å². The first kappa shape index (κ1) is 18.2. The molecular weight excluding hydrogens is 352 g/mol. The van der Waals surface area contributed by atoms with E-state index in [1.165, 1.54) is 17.6 Å². The van der Waals surface area contributed by atoms with Gasteiger partial charge in [0.1, 0.15) is 0 Å². The fourth-order valence-electron chi connectivity index (χ4n) is 2.14. The van der Waals surface area contributed by atoms with Gasteiger partial charge in [0.25, 0.3) is 0 Å². The third kappa shape index (κ3) is 4.45. The van der Waals surface area contributed by atoms with Gasteiger partial charge in [-0.25, -0.2) is 8.42 Å². The van der Waals surface area contributed by atoms with E-state index in [0.29, 0.717) is 11.2 Å². The largest absolute Gasteiger partial charge is 0.316 e. The van der Waals surface area contributed by atoms with Crippen LogP contribution >= 0.6 is 23.1 Å². The molecule has 0 unspecified atom stereocenters. The SMILES string of the molecule is CCCC(=O)N=c1sc2cc(S(C)(=O)=O)ccc2n1CCSC. The number of carbonyl (C=O) groups is 1. The summed E-state index contributed by atoms with van der Waals surface area (Å²) in [6, 6.07) is 5.07. The smallest absolute Gasteiger partial charge is 0.248 e. The van der Waals surface area contributed by atoms with E-state index in [1.54, 1.807) is 30.0 Å². The van der Waals surface area contributed by atoms with E-state index in [9.17, 15) is 13.2 Å². The normalized spacial score (nSPS) is 12.9. The molecule has 0 radical (unpaired) electrons. The van der Waals surface area contributed by atoms with Crippen LogP contribution in [0.5, 0.6) is 0 Å². The zero-order valence-corrected chi connectivity index (χ0v) is 15.9. The number of fused-ring (bicyclic) bond motifs is 1. The number of nitrogens with zero attached hydrogens (tertiary/aromatic N) is 2. The van der Waals surface area contributed by atoms with Gasteiger partial charge >= 0.3 is 0 Å². The molecule has 0 fully saturated rings. The number of benzene rings is 1. The molecule has 0 N–H and O–H groups in total. The Labute approximate surface area is 144 Å². The molecule has 1 amide bonds. The Balaban J connectivity index is 2.62. The molecule has 1 heterocycles. The summed E-state index contributed by atoms with van der Waals surface area (Å²) in [5, 5.41) is 0. The maximum atomic E-state index is 11.9. The second-order valence-electron chi connectivity index (χ2n) is 5.19. The molecule has 0 saturated carbocycles. The molecule has 1 aromatic heterocycles. The molecule has 1 aromatic carbocycles. The quantitative estimate of drug-likeness (QED) is 0.782. The Morgan fingerprint density at radius 2 is 2.13 bits per heavy atom. The number of sulfone groups is 1. The van der Waals surface area contributed by atoms with Crippen molar-refractivity contribution >= 4 is 49.1 Å². The Hall–Kier alpha value is -1.12. The molecule has 8 heteroatoms. The number of amides is 1. The monoisotopic (exact) mass is 372 g/mol. The lowest BCUT2D eigenvalue weighted by Crippen LogP contribution is -2.18. The maximum Gasteiger partial charge on any atom is 0.248 e. The summed E-state index contributed by atoms with van der Waals surface area (Å²) in [4.78, 5) is 17.0. The zero-order chi connectivity index (χ0) is 17.0. The van der Waals surface area contributed by atoms with E-state index in [4.69, 9.17) is 0 Å². The summed E-state index contributed by atoms with van der Waals surface area (Å²) < 4.78 is 26.3. The third-order valence-corrected chi connectivity index (χ3v) is 6.03. The van der Waals surface area contributed by atoms with Crippen molar-refractivity contribution in [2.75, 3.05) is 18.3 Å². The lowest BCUT2D eigenvalue weighted by Gasteiger charge is -2.04. The van der Waals surface area contributed by atoms with Gasteiger partial charge in [0, 0.05) is 25.0 Å². The molecule has 0 aliphatic rings. The van der Waals surface area contributed by atoms with E-state index in [-0.39, 0.29) is 10.8 Å². The molecule has 0 atom stereocenters. The fourth-order valence-corrected chi connectivity index (χ4v) is 4.34. The molecule has 0 saturated heterocycles. The Bertz CT molecular complexity index is 879. The number of thiazole rings is 1. The molecule has 5 nitrogen and oxygen atoms in total. The standard InChI is InChI=1S/C15H20N2O3S3/c1-4-5-14(18)16-15-17(8-9-21-2)12-7-6-11(23(3,19)20)10-13(12)22-15/h6-7,10H,4-5,8-9H2,1-3H3. The average Bonchev–Trinajstić information content (AvgIpc) is 2.80. The van der Waals surface area contributed by atoms with Gasteiger partial charge < -0.3 is 4.57 Å². The fraction of sp³-hybridized carbons (Fsp3) is 0.467. The van der Waals surface area contributed by atoms with Crippen molar-refractivity contribution in [2.45, 2.75) is 31.2 Å². The number of thioether (sulfide) groups is 1. The second-order valence-corrected chi connectivity index (χ2v) is 9.20. The van der Waals surface area contributed by atoms with Crippen LogP contribution in [0.2, 0.25) is 0 Å². The van der Waals surface area contributed by atoms with Gasteiger partial charge in [-0.05, 0) is 30.9 Å². The van der Waals surface area contributed by atoms with Crippen LogP contribution in [0.15, 0.2) is 28.1 Å².